The van der Waals surface area contributed by atoms with Crippen molar-refractivity contribution in [2.24, 2.45) is 0 Å². The standard InChI is InChI=1S/C18H13ClF3N3O/c19-14-6-4-12(5-7-14)15-9-16(25-24-15)17(26)23-10-11-2-1-3-13(8-11)18(20,21)22/h1-9H,10H2,(H,23,26)(H,24,25). The molecule has 4 nitrogen and oxygen atoms in total. The van der Waals surface area contributed by atoms with E-state index in [1.807, 2.05) is 0 Å². The summed E-state index contributed by atoms with van der Waals surface area (Å²) in [6.45, 7) is -0.0297. The fraction of sp³-hybridized carbons (Fsp3) is 0.111. The van der Waals surface area contributed by atoms with Crippen LogP contribution in [0.15, 0.2) is 54.6 Å². The van der Waals surface area contributed by atoms with E-state index in [0.717, 1.165) is 17.7 Å². The third kappa shape index (κ3) is 4.23. The van der Waals surface area contributed by atoms with Crippen LogP contribution in [0.1, 0.15) is 21.6 Å². The zero-order chi connectivity index (χ0) is 18.7. The van der Waals surface area contributed by atoms with Gasteiger partial charge < -0.3 is 5.32 Å². The molecule has 8 heteroatoms. The SMILES string of the molecule is O=C(NCc1cccc(C(F)(F)F)c1)c1cc(-c2ccc(Cl)cc2)n[nH]1. The topological polar surface area (TPSA) is 57.8 Å². The van der Waals surface area contributed by atoms with Crippen molar-refractivity contribution in [2.75, 3.05) is 0 Å². The van der Waals surface area contributed by atoms with Crippen LogP contribution in [0, 0.1) is 0 Å². The first-order valence-corrected chi connectivity index (χ1v) is 7.96. The molecule has 1 heterocycles. The first-order chi connectivity index (χ1) is 12.3. The minimum absolute atomic E-state index is 0.0297. The third-order valence-electron chi connectivity index (χ3n) is 3.67. The first-order valence-electron chi connectivity index (χ1n) is 7.58. The summed E-state index contributed by atoms with van der Waals surface area (Å²) < 4.78 is 38.1. The Hall–Kier alpha value is -2.80. The Morgan fingerprint density at radius 3 is 2.54 bits per heavy atom. The summed E-state index contributed by atoms with van der Waals surface area (Å²) in [5, 5.41) is 9.83. The summed E-state index contributed by atoms with van der Waals surface area (Å²) in [5.41, 5.74) is 1.15. The highest BCUT2D eigenvalue weighted by molar-refractivity contribution is 6.30. The van der Waals surface area contributed by atoms with Gasteiger partial charge in [-0.15, -0.1) is 0 Å². The highest BCUT2D eigenvalue weighted by Crippen LogP contribution is 2.29. The molecule has 0 aliphatic carbocycles. The van der Waals surface area contributed by atoms with Crippen LogP contribution in [0.25, 0.3) is 11.3 Å². The summed E-state index contributed by atoms with van der Waals surface area (Å²) in [4.78, 5) is 12.2. The van der Waals surface area contributed by atoms with Crippen molar-refractivity contribution in [1.82, 2.24) is 15.5 Å². The number of amides is 1. The van der Waals surface area contributed by atoms with E-state index in [1.165, 1.54) is 12.1 Å². The molecule has 0 aliphatic heterocycles. The van der Waals surface area contributed by atoms with E-state index in [0.29, 0.717) is 16.3 Å². The van der Waals surface area contributed by atoms with Crippen molar-refractivity contribution >= 4 is 17.5 Å². The highest BCUT2D eigenvalue weighted by atomic mass is 35.5. The molecule has 134 valence electrons. The van der Waals surface area contributed by atoms with Gasteiger partial charge in [0.15, 0.2) is 0 Å². The number of nitrogens with one attached hydrogen (secondary N) is 2. The molecular formula is C18H13ClF3N3O. The van der Waals surface area contributed by atoms with Crippen LogP contribution in [0.5, 0.6) is 0 Å². The molecule has 0 radical (unpaired) electrons. The molecule has 0 saturated heterocycles. The first kappa shape index (κ1) is 18.0. The summed E-state index contributed by atoms with van der Waals surface area (Å²) in [7, 11) is 0. The molecule has 0 unspecified atom stereocenters. The number of alkyl halides is 3. The Balaban J connectivity index is 1.67. The Kier molecular flexibility index (Phi) is 4.99. The lowest BCUT2D eigenvalue weighted by Gasteiger charge is -2.09. The van der Waals surface area contributed by atoms with Crippen LogP contribution < -0.4 is 5.32 Å². The lowest BCUT2D eigenvalue weighted by Crippen LogP contribution is -2.23. The van der Waals surface area contributed by atoms with Crippen LogP contribution in [0.4, 0.5) is 13.2 Å². The van der Waals surface area contributed by atoms with Gasteiger partial charge in [-0.05, 0) is 35.9 Å². The van der Waals surface area contributed by atoms with Gasteiger partial charge in [-0.2, -0.15) is 18.3 Å². The van der Waals surface area contributed by atoms with E-state index in [2.05, 4.69) is 15.5 Å². The average molecular weight is 380 g/mol. The normalized spacial score (nSPS) is 11.4. The summed E-state index contributed by atoms with van der Waals surface area (Å²) in [6, 6.07) is 13.3. The number of aromatic amines is 1. The molecule has 2 aromatic carbocycles. The number of aromatic nitrogens is 2. The second-order valence-electron chi connectivity index (χ2n) is 5.55. The van der Waals surface area contributed by atoms with Crippen molar-refractivity contribution in [3.63, 3.8) is 0 Å². The minimum Gasteiger partial charge on any atom is -0.347 e. The number of carbonyl (C=O) groups is 1. The molecule has 0 fully saturated rings. The van der Waals surface area contributed by atoms with Crippen LogP contribution in [0.2, 0.25) is 5.02 Å². The van der Waals surface area contributed by atoms with Crippen molar-refractivity contribution in [1.29, 1.82) is 0 Å². The molecule has 1 amide bonds. The van der Waals surface area contributed by atoms with Gasteiger partial charge in [0.1, 0.15) is 5.69 Å². The molecule has 0 atom stereocenters. The molecule has 3 aromatic rings. The molecule has 0 saturated carbocycles. The van der Waals surface area contributed by atoms with Crippen molar-refractivity contribution in [2.45, 2.75) is 12.7 Å². The second-order valence-corrected chi connectivity index (χ2v) is 5.99. The predicted molar refractivity (Wildman–Crippen MR) is 91.6 cm³/mol. The molecular weight excluding hydrogens is 367 g/mol. The molecule has 0 spiro atoms. The van der Waals surface area contributed by atoms with Crippen LogP contribution in [-0.2, 0) is 12.7 Å². The smallest absolute Gasteiger partial charge is 0.347 e. The fourth-order valence-electron chi connectivity index (χ4n) is 2.34. The Bertz CT molecular complexity index is 920. The molecule has 0 aliphatic rings. The molecule has 1 aromatic heterocycles. The molecule has 2 N–H and O–H groups in total. The number of hydrogen-bond acceptors (Lipinski definition) is 2. The van der Waals surface area contributed by atoms with Crippen LogP contribution in [-0.4, -0.2) is 16.1 Å². The highest BCUT2D eigenvalue weighted by Gasteiger charge is 2.30. The largest absolute Gasteiger partial charge is 0.416 e. The van der Waals surface area contributed by atoms with Crippen LogP contribution >= 0.6 is 11.6 Å². The van der Waals surface area contributed by atoms with E-state index >= 15 is 0 Å². The lowest BCUT2D eigenvalue weighted by atomic mass is 10.1. The number of rotatable bonds is 4. The van der Waals surface area contributed by atoms with E-state index in [4.69, 9.17) is 11.6 Å². The number of nitrogens with zero attached hydrogens (tertiary/aromatic N) is 1. The number of H-pyrrole nitrogens is 1. The maximum absolute atomic E-state index is 12.7. The Morgan fingerprint density at radius 2 is 1.85 bits per heavy atom. The monoisotopic (exact) mass is 379 g/mol. The maximum Gasteiger partial charge on any atom is 0.416 e. The van der Waals surface area contributed by atoms with Gasteiger partial charge in [0.2, 0.25) is 0 Å². The lowest BCUT2D eigenvalue weighted by molar-refractivity contribution is -0.137. The number of carbonyl (C=O) groups excluding carboxylic acids is 1. The zero-order valence-corrected chi connectivity index (χ0v) is 14.0. The molecule has 26 heavy (non-hydrogen) atoms. The number of halogens is 4. The zero-order valence-electron chi connectivity index (χ0n) is 13.3. The molecule has 0 bridgehead atoms. The average Bonchev–Trinajstić information content (AvgIpc) is 3.10. The van der Waals surface area contributed by atoms with E-state index in [-0.39, 0.29) is 12.2 Å². The van der Waals surface area contributed by atoms with Gasteiger partial charge in [0, 0.05) is 17.1 Å². The van der Waals surface area contributed by atoms with Gasteiger partial charge in [0.25, 0.3) is 5.91 Å². The van der Waals surface area contributed by atoms with Crippen molar-refractivity contribution < 1.29 is 18.0 Å². The van der Waals surface area contributed by atoms with Crippen molar-refractivity contribution in [3.05, 3.63) is 76.4 Å². The Labute approximate surface area is 152 Å². The van der Waals surface area contributed by atoms with Crippen LogP contribution in [0.3, 0.4) is 0 Å². The summed E-state index contributed by atoms with van der Waals surface area (Å²) in [5.74, 6) is -0.463. The maximum atomic E-state index is 12.7. The number of benzene rings is 2. The predicted octanol–water partition coefficient (Wildman–Crippen LogP) is 4.68. The van der Waals surface area contributed by atoms with Gasteiger partial charge in [-0.3, -0.25) is 9.89 Å². The van der Waals surface area contributed by atoms with Gasteiger partial charge in [-0.1, -0.05) is 35.9 Å². The second kappa shape index (κ2) is 7.21. The van der Waals surface area contributed by atoms with Gasteiger partial charge >= 0.3 is 6.18 Å². The quantitative estimate of drug-likeness (QED) is 0.691. The Morgan fingerprint density at radius 1 is 1.12 bits per heavy atom. The summed E-state index contributed by atoms with van der Waals surface area (Å²) >= 11 is 5.83. The van der Waals surface area contributed by atoms with Crippen molar-refractivity contribution in [3.8, 4) is 11.3 Å². The third-order valence-corrected chi connectivity index (χ3v) is 3.92. The minimum atomic E-state index is -4.42. The van der Waals surface area contributed by atoms with E-state index < -0.39 is 17.6 Å². The van der Waals surface area contributed by atoms with E-state index in [1.54, 1.807) is 30.3 Å². The number of hydrogen-bond donors (Lipinski definition) is 2. The van der Waals surface area contributed by atoms with Gasteiger partial charge in [-0.25, -0.2) is 0 Å². The molecule has 3 rings (SSSR count). The van der Waals surface area contributed by atoms with E-state index in [9.17, 15) is 18.0 Å². The fourth-order valence-corrected chi connectivity index (χ4v) is 2.47. The summed E-state index contributed by atoms with van der Waals surface area (Å²) in [6.07, 6.45) is -4.42. The van der Waals surface area contributed by atoms with Gasteiger partial charge in [0.05, 0.1) is 11.3 Å².